The van der Waals surface area contributed by atoms with E-state index in [4.69, 9.17) is 23.2 Å². The zero-order valence-corrected chi connectivity index (χ0v) is 15.7. The molecule has 1 fully saturated rings. The molecule has 2 atom stereocenters. The van der Waals surface area contributed by atoms with Gasteiger partial charge in [0.1, 0.15) is 11.9 Å². The SMILES string of the molecule is CC1=C(C(=O)N2CCCC2)C(c2cccc(Cl)c2Cl)N2NC(F)C=C2N1. The number of hydrogen-bond donors (Lipinski definition) is 2. The molecule has 0 aliphatic carbocycles. The van der Waals surface area contributed by atoms with Crippen molar-refractivity contribution in [3.05, 3.63) is 57.0 Å². The van der Waals surface area contributed by atoms with Crippen molar-refractivity contribution in [1.29, 1.82) is 0 Å². The van der Waals surface area contributed by atoms with E-state index in [0.29, 0.717) is 32.7 Å². The normalized spacial score (nSPS) is 25.3. The van der Waals surface area contributed by atoms with Gasteiger partial charge in [-0.15, -0.1) is 0 Å². The minimum Gasteiger partial charge on any atom is -0.344 e. The van der Waals surface area contributed by atoms with Gasteiger partial charge in [0.2, 0.25) is 0 Å². The maximum Gasteiger partial charge on any atom is 0.254 e. The van der Waals surface area contributed by atoms with Gasteiger partial charge in [0, 0.05) is 30.4 Å². The lowest BCUT2D eigenvalue weighted by molar-refractivity contribution is -0.127. The highest BCUT2D eigenvalue weighted by molar-refractivity contribution is 6.42. The zero-order chi connectivity index (χ0) is 18.4. The lowest BCUT2D eigenvalue weighted by atomic mass is 9.93. The monoisotopic (exact) mass is 396 g/mol. The fourth-order valence-corrected chi connectivity index (χ4v) is 4.17. The van der Waals surface area contributed by atoms with Gasteiger partial charge in [-0.2, -0.15) is 5.43 Å². The minimum absolute atomic E-state index is 0.0586. The molecule has 0 spiro atoms. The smallest absolute Gasteiger partial charge is 0.254 e. The maximum atomic E-state index is 14.0. The largest absolute Gasteiger partial charge is 0.344 e. The predicted molar refractivity (Wildman–Crippen MR) is 98.8 cm³/mol. The fraction of sp³-hybridized carbons (Fsp3) is 0.389. The molecule has 138 valence electrons. The number of fused-ring (bicyclic) bond motifs is 1. The van der Waals surface area contributed by atoms with E-state index >= 15 is 0 Å². The summed E-state index contributed by atoms with van der Waals surface area (Å²) in [6.45, 7) is 3.29. The van der Waals surface area contributed by atoms with E-state index in [2.05, 4.69) is 10.7 Å². The average Bonchev–Trinajstić information content (AvgIpc) is 3.25. The van der Waals surface area contributed by atoms with Crippen molar-refractivity contribution in [3.63, 3.8) is 0 Å². The average molecular weight is 397 g/mol. The van der Waals surface area contributed by atoms with Gasteiger partial charge in [0.05, 0.1) is 15.6 Å². The van der Waals surface area contributed by atoms with Gasteiger partial charge in [-0.3, -0.25) is 9.80 Å². The van der Waals surface area contributed by atoms with Gasteiger partial charge in [-0.25, -0.2) is 4.39 Å². The lowest BCUT2D eigenvalue weighted by Crippen LogP contribution is -2.48. The number of halogens is 3. The maximum absolute atomic E-state index is 14.0. The number of likely N-dealkylation sites (tertiary alicyclic amines) is 1. The summed E-state index contributed by atoms with van der Waals surface area (Å²) in [7, 11) is 0. The van der Waals surface area contributed by atoms with Gasteiger partial charge in [-0.05, 0) is 25.8 Å². The van der Waals surface area contributed by atoms with Crippen molar-refractivity contribution in [2.75, 3.05) is 13.1 Å². The molecule has 0 radical (unpaired) electrons. The zero-order valence-electron chi connectivity index (χ0n) is 14.2. The third kappa shape index (κ3) is 2.86. The number of hydrogen-bond acceptors (Lipinski definition) is 4. The van der Waals surface area contributed by atoms with Crippen molar-refractivity contribution in [1.82, 2.24) is 20.7 Å². The number of benzene rings is 1. The molecule has 1 amide bonds. The van der Waals surface area contributed by atoms with Crippen LogP contribution in [-0.2, 0) is 4.79 Å². The molecule has 1 aromatic rings. The summed E-state index contributed by atoms with van der Waals surface area (Å²) >= 11 is 12.7. The van der Waals surface area contributed by atoms with Crippen LogP contribution in [-0.4, -0.2) is 35.2 Å². The van der Waals surface area contributed by atoms with Crippen LogP contribution in [0.5, 0.6) is 0 Å². The summed E-state index contributed by atoms with van der Waals surface area (Å²) in [6, 6.07) is 4.73. The first kappa shape index (κ1) is 17.6. The van der Waals surface area contributed by atoms with Gasteiger partial charge in [0.15, 0.2) is 6.30 Å². The molecule has 2 N–H and O–H groups in total. The molecule has 0 bridgehead atoms. The first-order valence-corrected chi connectivity index (χ1v) is 9.35. The number of nitrogens with one attached hydrogen (secondary N) is 2. The van der Waals surface area contributed by atoms with E-state index in [-0.39, 0.29) is 5.91 Å². The summed E-state index contributed by atoms with van der Waals surface area (Å²) in [6.07, 6.45) is 2.08. The second-order valence-corrected chi connectivity index (χ2v) is 7.45. The lowest BCUT2D eigenvalue weighted by Gasteiger charge is -2.40. The Balaban J connectivity index is 1.84. The molecule has 4 rings (SSSR count). The Labute approximate surface area is 161 Å². The van der Waals surface area contributed by atoms with Crippen LogP contribution in [0, 0.1) is 0 Å². The number of alkyl halides is 1. The highest BCUT2D eigenvalue weighted by Crippen LogP contribution is 2.42. The summed E-state index contributed by atoms with van der Waals surface area (Å²) in [5.41, 5.74) is 4.66. The van der Waals surface area contributed by atoms with E-state index < -0.39 is 12.3 Å². The van der Waals surface area contributed by atoms with E-state index in [1.165, 1.54) is 6.08 Å². The number of carbonyl (C=O) groups is 1. The number of amides is 1. The van der Waals surface area contributed by atoms with E-state index in [1.807, 2.05) is 17.9 Å². The molecule has 3 heterocycles. The minimum atomic E-state index is -1.34. The van der Waals surface area contributed by atoms with E-state index in [9.17, 15) is 9.18 Å². The molecule has 8 heteroatoms. The van der Waals surface area contributed by atoms with Crippen LogP contribution < -0.4 is 10.7 Å². The number of hydrazine groups is 1. The quantitative estimate of drug-likeness (QED) is 0.751. The Morgan fingerprint density at radius 3 is 2.73 bits per heavy atom. The molecule has 1 saturated heterocycles. The molecule has 0 saturated carbocycles. The Morgan fingerprint density at radius 2 is 2.00 bits per heavy atom. The van der Waals surface area contributed by atoms with Crippen molar-refractivity contribution in [3.8, 4) is 0 Å². The van der Waals surface area contributed by atoms with Gasteiger partial charge < -0.3 is 10.2 Å². The molecule has 0 aromatic heterocycles. The fourth-order valence-electron chi connectivity index (χ4n) is 3.76. The summed E-state index contributed by atoms with van der Waals surface area (Å²) in [5, 5.41) is 5.52. The van der Waals surface area contributed by atoms with Crippen molar-refractivity contribution < 1.29 is 9.18 Å². The molecule has 5 nitrogen and oxygen atoms in total. The summed E-state index contributed by atoms with van der Waals surface area (Å²) < 4.78 is 14.0. The van der Waals surface area contributed by atoms with Gasteiger partial charge in [0.25, 0.3) is 5.91 Å². The summed E-state index contributed by atoms with van der Waals surface area (Å²) in [5.74, 6) is 0.505. The second kappa shape index (κ2) is 6.76. The van der Waals surface area contributed by atoms with E-state index in [1.54, 1.807) is 17.1 Å². The van der Waals surface area contributed by atoms with Crippen LogP contribution in [0.15, 0.2) is 41.4 Å². The molecular weight excluding hydrogens is 378 g/mol. The third-order valence-electron chi connectivity index (χ3n) is 4.98. The molecule has 2 unspecified atom stereocenters. The second-order valence-electron chi connectivity index (χ2n) is 6.66. The van der Waals surface area contributed by atoms with E-state index in [0.717, 1.165) is 25.9 Å². The Bertz CT molecular complexity index is 819. The molecule has 1 aromatic carbocycles. The molecule has 26 heavy (non-hydrogen) atoms. The standard InChI is InChI=1S/C18H19Cl2FN4O/c1-10-15(18(26)24-7-2-3-8-24)17(11-5-4-6-12(19)16(11)20)25-14(22-10)9-13(21)23-25/h4-6,9,13,17,22-23H,2-3,7-8H2,1H3. The highest BCUT2D eigenvalue weighted by Gasteiger charge is 2.42. The Kier molecular flexibility index (Phi) is 4.59. The van der Waals surface area contributed by atoms with Crippen LogP contribution in [0.4, 0.5) is 4.39 Å². The number of allylic oxidation sites excluding steroid dienone is 1. The first-order valence-electron chi connectivity index (χ1n) is 8.59. The van der Waals surface area contributed by atoms with Crippen LogP contribution in [0.1, 0.15) is 31.4 Å². The summed E-state index contributed by atoms with van der Waals surface area (Å²) in [4.78, 5) is 15.1. The number of carbonyl (C=O) groups excluding carboxylic acids is 1. The van der Waals surface area contributed by atoms with Crippen LogP contribution in [0.2, 0.25) is 10.0 Å². The van der Waals surface area contributed by atoms with Crippen molar-refractivity contribution in [2.24, 2.45) is 0 Å². The first-order chi connectivity index (χ1) is 12.5. The van der Waals surface area contributed by atoms with Crippen molar-refractivity contribution >= 4 is 29.1 Å². The van der Waals surface area contributed by atoms with Crippen molar-refractivity contribution in [2.45, 2.75) is 32.1 Å². The number of nitrogens with zero attached hydrogens (tertiary/aromatic N) is 2. The Morgan fingerprint density at radius 1 is 1.27 bits per heavy atom. The Hall–Kier alpha value is -1.76. The van der Waals surface area contributed by atoms with Crippen LogP contribution >= 0.6 is 23.2 Å². The molecular formula is C18H19Cl2FN4O. The van der Waals surface area contributed by atoms with Gasteiger partial charge in [-0.1, -0.05) is 35.3 Å². The third-order valence-corrected chi connectivity index (χ3v) is 5.81. The molecule has 3 aliphatic heterocycles. The molecule has 3 aliphatic rings. The highest BCUT2D eigenvalue weighted by atomic mass is 35.5. The topological polar surface area (TPSA) is 47.6 Å². The van der Waals surface area contributed by atoms with Crippen LogP contribution in [0.25, 0.3) is 0 Å². The number of rotatable bonds is 2. The van der Waals surface area contributed by atoms with Crippen LogP contribution in [0.3, 0.4) is 0 Å². The van der Waals surface area contributed by atoms with Gasteiger partial charge >= 0.3 is 0 Å². The predicted octanol–water partition coefficient (Wildman–Crippen LogP) is 3.49.